The second kappa shape index (κ2) is 9.63. The first-order chi connectivity index (χ1) is 15.6. The van der Waals surface area contributed by atoms with Gasteiger partial charge in [0.25, 0.3) is 0 Å². The van der Waals surface area contributed by atoms with Gasteiger partial charge in [0.1, 0.15) is 0 Å². The highest BCUT2D eigenvalue weighted by molar-refractivity contribution is 6.13. The average Bonchev–Trinajstić information content (AvgIpc) is 2.81. The van der Waals surface area contributed by atoms with E-state index < -0.39 is 0 Å². The van der Waals surface area contributed by atoms with Crippen molar-refractivity contribution in [3.63, 3.8) is 0 Å². The molecule has 0 aliphatic heterocycles. The maximum absolute atomic E-state index is 13.5. The van der Waals surface area contributed by atoms with Crippen molar-refractivity contribution < 1.29 is 4.79 Å². The van der Waals surface area contributed by atoms with Crippen LogP contribution in [0.2, 0.25) is 0 Å². The molecule has 4 rings (SSSR count). The minimum atomic E-state index is -0.0225. The Morgan fingerprint density at radius 3 is 1.41 bits per heavy atom. The predicted molar refractivity (Wildman–Crippen MR) is 136 cm³/mol. The van der Waals surface area contributed by atoms with Crippen LogP contribution in [0.4, 0.5) is 11.4 Å². The standard InChI is InChI=1S/C29H24N2O/c30-25-11-5-7-21(19-25)15-17-23-9-1-3-13-27(23)29(32)28-14-4-2-10-24(28)18-16-22-8-6-12-26(31)20-22/h1-20H,30-31H2/b17-15+,18-16+. The molecule has 0 bridgehead atoms. The summed E-state index contributed by atoms with van der Waals surface area (Å²) in [5.41, 5.74) is 18.1. The van der Waals surface area contributed by atoms with Gasteiger partial charge in [0, 0.05) is 22.5 Å². The number of carbonyl (C=O) groups is 1. The molecule has 0 amide bonds. The molecule has 0 aliphatic rings. The molecule has 0 aliphatic carbocycles. The summed E-state index contributed by atoms with van der Waals surface area (Å²) in [5.74, 6) is -0.0225. The van der Waals surface area contributed by atoms with Crippen LogP contribution in [0.5, 0.6) is 0 Å². The SMILES string of the molecule is Nc1cccc(/C=C/c2ccccc2C(=O)c2ccccc2/C=C/c2cccc(N)c2)c1. The molecule has 0 spiro atoms. The summed E-state index contributed by atoms with van der Waals surface area (Å²) in [5, 5.41) is 0. The van der Waals surface area contributed by atoms with Gasteiger partial charge in [-0.2, -0.15) is 0 Å². The fraction of sp³-hybridized carbons (Fsp3) is 0. The van der Waals surface area contributed by atoms with Gasteiger partial charge in [0.05, 0.1) is 0 Å². The Balaban J connectivity index is 1.66. The topological polar surface area (TPSA) is 69.1 Å². The van der Waals surface area contributed by atoms with Crippen LogP contribution in [0.1, 0.15) is 38.2 Å². The van der Waals surface area contributed by atoms with Gasteiger partial charge in [-0.05, 0) is 46.5 Å². The van der Waals surface area contributed by atoms with E-state index in [0.29, 0.717) is 22.5 Å². The molecule has 0 aromatic heterocycles. The van der Waals surface area contributed by atoms with Crippen molar-refractivity contribution in [1.82, 2.24) is 0 Å². The van der Waals surface area contributed by atoms with E-state index in [9.17, 15) is 4.79 Å². The van der Waals surface area contributed by atoms with E-state index in [1.54, 1.807) is 0 Å². The minimum Gasteiger partial charge on any atom is -0.399 e. The molecule has 0 heterocycles. The highest BCUT2D eigenvalue weighted by atomic mass is 16.1. The molecule has 0 atom stereocenters. The maximum Gasteiger partial charge on any atom is 0.194 e. The van der Waals surface area contributed by atoms with E-state index in [-0.39, 0.29) is 5.78 Å². The van der Waals surface area contributed by atoms with E-state index in [1.165, 1.54) is 0 Å². The lowest BCUT2D eigenvalue weighted by Crippen LogP contribution is -2.05. The first-order valence-electron chi connectivity index (χ1n) is 10.4. The van der Waals surface area contributed by atoms with Gasteiger partial charge in [0.2, 0.25) is 0 Å². The number of hydrogen-bond acceptors (Lipinski definition) is 3. The third kappa shape index (κ3) is 5.02. The largest absolute Gasteiger partial charge is 0.399 e. The van der Waals surface area contributed by atoms with Crippen molar-refractivity contribution in [2.45, 2.75) is 0 Å². The van der Waals surface area contributed by atoms with Crippen LogP contribution in [0.15, 0.2) is 97.1 Å². The first kappa shape index (κ1) is 20.9. The zero-order valence-electron chi connectivity index (χ0n) is 17.6. The van der Waals surface area contributed by atoms with Crippen LogP contribution in [0.25, 0.3) is 24.3 Å². The fourth-order valence-electron chi connectivity index (χ4n) is 3.54. The van der Waals surface area contributed by atoms with Gasteiger partial charge in [-0.1, -0.05) is 97.1 Å². The van der Waals surface area contributed by atoms with Crippen molar-refractivity contribution in [3.05, 3.63) is 130 Å². The Kier molecular flexibility index (Phi) is 6.28. The van der Waals surface area contributed by atoms with Crippen LogP contribution in [-0.2, 0) is 0 Å². The van der Waals surface area contributed by atoms with E-state index in [0.717, 1.165) is 22.3 Å². The van der Waals surface area contributed by atoms with E-state index in [4.69, 9.17) is 11.5 Å². The van der Waals surface area contributed by atoms with Gasteiger partial charge in [-0.3, -0.25) is 4.79 Å². The number of rotatable bonds is 6. The van der Waals surface area contributed by atoms with Gasteiger partial charge in [-0.15, -0.1) is 0 Å². The van der Waals surface area contributed by atoms with E-state index in [1.807, 2.05) is 121 Å². The summed E-state index contributed by atoms with van der Waals surface area (Å²) in [6, 6.07) is 30.5. The summed E-state index contributed by atoms with van der Waals surface area (Å²) in [6.07, 6.45) is 7.84. The molecule has 0 unspecified atom stereocenters. The molecule has 32 heavy (non-hydrogen) atoms. The molecule has 3 heteroatoms. The molecule has 0 radical (unpaired) electrons. The zero-order chi connectivity index (χ0) is 22.3. The lowest BCUT2D eigenvalue weighted by atomic mass is 9.94. The van der Waals surface area contributed by atoms with Gasteiger partial charge in [-0.25, -0.2) is 0 Å². The van der Waals surface area contributed by atoms with Crippen LogP contribution in [-0.4, -0.2) is 5.78 Å². The second-order valence-electron chi connectivity index (χ2n) is 7.51. The molecular weight excluding hydrogens is 392 g/mol. The van der Waals surface area contributed by atoms with Crippen LogP contribution in [0, 0.1) is 0 Å². The van der Waals surface area contributed by atoms with Gasteiger partial charge < -0.3 is 11.5 Å². The third-order valence-electron chi connectivity index (χ3n) is 5.14. The highest BCUT2D eigenvalue weighted by Gasteiger charge is 2.14. The summed E-state index contributed by atoms with van der Waals surface area (Å²) in [7, 11) is 0. The van der Waals surface area contributed by atoms with E-state index in [2.05, 4.69) is 0 Å². The summed E-state index contributed by atoms with van der Waals surface area (Å²) >= 11 is 0. The van der Waals surface area contributed by atoms with Gasteiger partial charge >= 0.3 is 0 Å². The maximum atomic E-state index is 13.5. The molecular formula is C29H24N2O. The molecule has 4 aromatic rings. The summed E-state index contributed by atoms with van der Waals surface area (Å²) in [4.78, 5) is 13.5. The van der Waals surface area contributed by atoms with Crippen molar-refractivity contribution in [1.29, 1.82) is 0 Å². The number of hydrogen-bond donors (Lipinski definition) is 2. The number of nitrogen functional groups attached to an aromatic ring is 2. The number of carbonyl (C=O) groups excluding carboxylic acids is 1. The Morgan fingerprint density at radius 2 is 0.969 bits per heavy atom. The average molecular weight is 417 g/mol. The summed E-state index contributed by atoms with van der Waals surface area (Å²) in [6.45, 7) is 0. The van der Waals surface area contributed by atoms with Crippen LogP contribution >= 0.6 is 0 Å². The smallest absolute Gasteiger partial charge is 0.194 e. The van der Waals surface area contributed by atoms with Crippen molar-refractivity contribution in [2.75, 3.05) is 11.5 Å². The molecule has 3 nitrogen and oxygen atoms in total. The Morgan fingerprint density at radius 1 is 0.531 bits per heavy atom. The highest BCUT2D eigenvalue weighted by Crippen LogP contribution is 2.22. The Labute approximate surface area is 188 Å². The van der Waals surface area contributed by atoms with Crippen molar-refractivity contribution in [2.24, 2.45) is 0 Å². The Hall–Kier alpha value is -4.37. The quantitative estimate of drug-likeness (QED) is 0.216. The Bertz CT molecular complexity index is 1220. The molecule has 0 fully saturated rings. The summed E-state index contributed by atoms with van der Waals surface area (Å²) < 4.78 is 0. The second-order valence-corrected chi connectivity index (χ2v) is 7.51. The monoisotopic (exact) mass is 416 g/mol. The number of ketones is 1. The first-order valence-corrected chi connectivity index (χ1v) is 10.4. The molecule has 0 saturated carbocycles. The van der Waals surface area contributed by atoms with Crippen LogP contribution in [0.3, 0.4) is 0 Å². The molecule has 156 valence electrons. The predicted octanol–water partition coefficient (Wildman–Crippen LogP) is 6.42. The van der Waals surface area contributed by atoms with Crippen LogP contribution < -0.4 is 11.5 Å². The molecule has 0 saturated heterocycles. The lowest BCUT2D eigenvalue weighted by Gasteiger charge is -2.09. The normalized spacial score (nSPS) is 11.2. The number of nitrogens with two attached hydrogens (primary N) is 2. The fourth-order valence-corrected chi connectivity index (χ4v) is 3.54. The number of anilines is 2. The van der Waals surface area contributed by atoms with Crippen molar-refractivity contribution in [3.8, 4) is 0 Å². The van der Waals surface area contributed by atoms with E-state index >= 15 is 0 Å². The molecule has 4 N–H and O–H groups in total. The lowest BCUT2D eigenvalue weighted by molar-refractivity contribution is 0.103. The zero-order valence-corrected chi connectivity index (χ0v) is 17.6. The van der Waals surface area contributed by atoms with Crippen molar-refractivity contribution >= 4 is 41.5 Å². The third-order valence-corrected chi connectivity index (χ3v) is 5.14. The minimum absolute atomic E-state index is 0.0225. The van der Waals surface area contributed by atoms with Gasteiger partial charge in [0.15, 0.2) is 5.78 Å². The number of benzene rings is 4. The molecule has 4 aromatic carbocycles.